The topological polar surface area (TPSA) is 210 Å². The molecule has 0 bridgehead atoms. The van der Waals surface area contributed by atoms with E-state index in [0.717, 1.165) is 6.92 Å². The van der Waals surface area contributed by atoms with E-state index in [0.29, 0.717) is 20.0 Å². The highest BCUT2D eigenvalue weighted by atomic mass is 16.5. The second-order valence-corrected chi connectivity index (χ2v) is 9.17. The second kappa shape index (κ2) is 11.5. The molecular formula is C20H36N6O11. The van der Waals surface area contributed by atoms with Gasteiger partial charge in [0.1, 0.15) is 0 Å². The maximum Gasteiger partial charge on any atom is 0.363 e. The van der Waals surface area contributed by atoms with Crippen LogP contribution >= 0.6 is 0 Å². The third kappa shape index (κ3) is 5.26. The number of hydrogen-bond donors (Lipinski definition) is 6. The van der Waals surface area contributed by atoms with Crippen molar-refractivity contribution in [2.45, 2.75) is 56.4 Å². The Morgan fingerprint density at radius 1 is 0.811 bits per heavy atom. The molecule has 0 aliphatic carbocycles. The number of β-amino-alcohol motifs (C(OH)–C–C–N with tert-alkyl or cyclic N) is 2. The summed E-state index contributed by atoms with van der Waals surface area (Å²) in [4.78, 5) is 41.8. The summed E-state index contributed by atoms with van der Waals surface area (Å²) < 4.78 is 10.1. The molecular weight excluding hydrogens is 500 g/mol. The zero-order chi connectivity index (χ0) is 27.7. The number of hydrogen-bond acceptors (Lipinski definition) is 11. The van der Waals surface area contributed by atoms with Crippen LogP contribution < -0.4 is 0 Å². The molecule has 6 amide bonds. The largest absolute Gasteiger partial charge is 0.394 e. The Morgan fingerprint density at radius 2 is 1.24 bits per heavy atom. The molecule has 212 valence electrons. The van der Waals surface area contributed by atoms with E-state index in [1.54, 1.807) is 0 Å². The van der Waals surface area contributed by atoms with E-state index in [1.165, 1.54) is 24.0 Å². The Morgan fingerprint density at radius 3 is 1.68 bits per heavy atom. The predicted octanol–water partition coefficient (Wildman–Crippen LogP) is -3.51. The average molecular weight is 537 g/mol. The van der Waals surface area contributed by atoms with Crippen LogP contribution in [0.15, 0.2) is 0 Å². The molecule has 0 aromatic rings. The van der Waals surface area contributed by atoms with Gasteiger partial charge >= 0.3 is 18.1 Å². The molecule has 3 aliphatic heterocycles. The van der Waals surface area contributed by atoms with Crippen molar-refractivity contribution < 1.29 is 54.5 Å². The highest BCUT2D eigenvalue weighted by Gasteiger charge is 2.63. The Hall–Kier alpha value is -2.51. The fraction of sp³-hybridized carbons (Fsp3) is 0.850. The Bertz CT molecular complexity index is 842. The van der Waals surface area contributed by atoms with E-state index < -0.39 is 54.7 Å². The van der Waals surface area contributed by atoms with Gasteiger partial charge in [-0.15, -0.1) is 0 Å². The van der Waals surface area contributed by atoms with Crippen LogP contribution in [0.25, 0.3) is 0 Å². The zero-order valence-corrected chi connectivity index (χ0v) is 21.0. The smallest absolute Gasteiger partial charge is 0.363 e. The number of hydrazine groups is 2. The van der Waals surface area contributed by atoms with Crippen molar-refractivity contribution in [1.82, 2.24) is 29.8 Å². The van der Waals surface area contributed by atoms with E-state index in [2.05, 4.69) is 0 Å². The molecule has 3 rings (SSSR count). The predicted molar refractivity (Wildman–Crippen MR) is 120 cm³/mol. The molecule has 0 saturated carbocycles. The minimum absolute atomic E-state index is 0.0521. The van der Waals surface area contributed by atoms with Gasteiger partial charge in [-0.2, -0.15) is 20.0 Å². The van der Waals surface area contributed by atoms with Gasteiger partial charge in [0.25, 0.3) is 0 Å². The maximum atomic E-state index is 13.4. The third-order valence-electron chi connectivity index (χ3n) is 6.76. The Kier molecular flexibility index (Phi) is 9.01. The van der Waals surface area contributed by atoms with Gasteiger partial charge in [0.05, 0.1) is 38.5 Å². The van der Waals surface area contributed by atoms with Crippen LogP contribution in [0.4, 0.5) is 14.4 Å². The molecule has 3 fully saturated rings. The van der Waals surface area contributed by atoms with E-state index in [-0.39, 0.29) is 52.2 Å². The fourth-order valence-corrected chi connectivity index (χ4v) is 4.50. The summed E-state index contributed by atoms with van der Waals surface area (Å²) in [6, 6.07) is -2.97. The van der Waals surface area contributed by atoms with Crippen molar-refractivity contribution in [2.24, 2.45) is 0 Å². The third-order valence-corrected chi connectivity index (χ3v) is 6.76. The minimum atomic E-state index is -2.49. The van der Waals surface area contributed by atoms with Gasteiger partial charge in [-0.3, -0.25) is 0 Å². The molecule has 0 aromatic carbocycles. The lowest BCUT2D eigenvalue weighted by atomic mass is 10.2. The van der Waals surface area contributed by atoms with Crippen LogP contribution in [-0.4, -0.2) is 169 Å². The number of aliphatic hydroxyl groups is 6. The molecule has 6 N–H and O–H groups in total. The van der Waals surface area contributed by atoms with E-state index in [4.69, 9.17) is 9.47 Å². The average Bonchev–Trinajstić information content (AvgIpc) is 3.35. The summed E-state index contributed by atoms with van der Waals surface area (Å²) in [5, 5.41) is 63.6. The van der Waals surface area contributed by atoms with Crippen LogP contribution in [-0.2, 0) is 9.47 Å². The van der Waals surface area contributed by atoms with Gasteiger partial charge in [0.2, 0.25) is 12.0 Å². The standard InChI is InChI=1S/C20H36N6O11/c1-20(35)16(31)25(23-14(29)8-21(17(23)32)6-4-12(10-27)36-2)19(34)26(20)24-15(30)9-22(18(24)33)7-5-13(11-28)37-3/h12-16,27-31,35H,4-11H2,1-3H3. The Balaban J connectivity index is 1.78. The molecule has 0 spiro atoms. The first-order chi connectivity index (χ1) is 17.4. The number of nitrogens with zero attached hydrogens (tertiary/aromatic N) is 6. The van der Waals surface area contributed by atoms with Crippen molar-refractivity contribution in [3.05, 3.63) is 0 Å². The summed E-state index contributed by atoms with van der Waals surface area (Å²) in [6.07, 6.45) is -5.95. The van der Waals surface area contributed by atoms with E-state index >= 15 is 0 Å². The molecule has 6 atom stereocenters. The SMILES string of the molecule is COC(CO)CCN1CC(O)N(N2C(=O)N(N3C(=O)N(CCC(CO)OC)CC3O)C(C)(O)C2O)C1=O. The van der Waals surface area contributed by atoms with Gasteiger partial charge in [-0.25, -0.2) is 14.4 Å². The number of rotatable bonds is 12. The monoisotopic (exact) mass is 536 g/mol. The number of urea groups is 3. The first-order valence-corrected chi connectivity index (χ1v) is 11.8. The van der Waals surface area contributed by atoms with Gasteiger partial charge in [-0.1, -0.05) is 0 Å². The second-order valence-electron chi connectivity index (χ2n) is 9.17. The summed E-state index contributed by atoms with van der Waals surface area (Å²) in [5.74, 6) is 0. The lowest BCUT2D eigenvalue weighted by Gasteiger charge is -2.36. The molecule has 0 aromatic heterocycles. The molecule has 3 aliphatic rings. The number of methoxy groups -OCH3 is 2. The van der Waals surface area contributed by atoms with Crippen molar-refractivity contribution in [3.63, 3.8) is 0 Å². The number of carbonyl (C=O) groups excluding carboxylic acids is 3. The lowest BCUT2D eigenvalue weighted by molar-refractivity contribution is -0.223. The maximum absolute atomic E-state index is 13.4. The van der Waals surface area contributed by atoms with Crippen LogP contribution in [0, 0.1) is 0 Å². The quantitative estimate of drug-likeness (QED) is 0.144. The van der Waals surface area contributed by atoms with Gasteiger partial charge in [0.15, 0.2) is 12.5 Å². The summed E-state index contributed by atoms with van der Waals surface area (Å²) in [7, 11) is 2.78. The zero-order valence-electron chi connectivity index (χ0n) is 21.0. The first-order valence-electron chi connectivity index (χ1n) is 11.8. The number of ether oxygens (including phenoxy) is 2. The van der Waals surface area contributed by atoms with Gasteiger partial charge in [0, 0.05) is 27.3 Å². The summed E-state index contributed by atoms with van der Waals surface area (Å²) in [5.41, 5.74) is -2.49. The highest BCUT2D eigenvalue weighted by Crippen LogP contribution is 2.37. The van der Waals surface area contributed by atoms with Crippen LogP contribution in [0.2, 0.25) is 0 Å². The number of amides is 6. The number of carbonyl (C=O) groups is 3. The first kappa shape index (κ1) is 29.1. The highest BCUT2D eigenvalue weighted by molar-refractivity contribution is 5.86. The molecule has 3 heterocycles. The number of aliphatic hydroxyl groups excluding tert-OH is 5. The Labute approximate surface area is 213 Å². The molecule has 37 heavy (non-hydrogen) atoms. The summed E-state index contributed by atoms with van der Waals surface area (Å²) in [6.45, 7) is 0.0435. The van der Waals surface area contributed by atoms with Crippen molar-refractivity contribution >= 4 is 18.1 Å². The van der Waals surface area contributed by atoms with E-state index in [9.17, 15) is 45.0 Å². The van der Waals surface area contributed by atoms with Gasteiger partial charge in [-0.05, 0) is 19.8 Å². The summed E-state index contributed by atoms with van der Waals surface area (Å²) >= 11 is 0. The molecule has 17 heteroatoms. The van der Waals surface area contributed by atoms with Crippen molar-refractivity contribution in [1.29, 1.82) is 0 Å². The van der Waals surface area contributed by atoms with Crippen molar-refractivity contribution in [3.8, 4) is 0 Å². The van der Waals surface area contributed by atoms with Crippen molar-refractivity contribution in [2.75, 3.05) is 53.6 Å². The minimum Gasteiger partial charge on any atom is -0.394 e. The van der Waals surface area contributed by atoms with Gasteiger partial charge < -0.3 is 49.9 Å². The molecule has 17 nitrogen and oxygen atoms in total. The van der Waals surface area contributed by atoms with Crippen LogP contribution in [0.5, 0.6) is 0 Å². The molecule has 6 unspecified atom stereocenters. The lowest BCUT2D eigenvalue weighted by Crippen LogP contribution is -2.60. The van der Waals surface area contributed by atoms with Crippen LogP contribution in [0.1, 0.15) is 19.8 Å². The fourth-order valence-electron chi connectivity index (χ4n) is 4.50. The van der Waals surface area contributed by atoms with Crippen LogP contribution in [0.3, 0.4) is 0 Å². The van der Waals surface area contributed by atoms with E-state index in [1.807, 2.05) is 0 Å². The molecule has 3 saturated heterocycles. The normalized spacial score (nSPS) is 30.4. The molecule has 0 radical (unpaired) electrons.